The van der Waals surface area contributed by atoms with Crippen LogP contribution in [0.4, 0.5) is 18.0 Å². The molecule has 0 saturated heterocycles. The van der Waals surface area contributed by atoms with Gasteiger partial charge in [-0.25, -0.2) is 4.79 Å². The Morgan fingerprint density at radius 1 is 1.16 bits per heavy atom. The van der Waals surface area contributed by atoms with Crippen molar-refractivity contribution >= 4 is 40.9 Å². The third-order valence-electron chi connectivity index (χ3n) is 4.72. The smallest absolute Gasteiger partial charge is 0.435 e. The lowest BCUT2D eigenvalue weighted by Gasteiger charge is -2.29. The number of benzene rings is 2. The third kappa shape index (κ3) is 4.47. The number of rotatable bonds is 3. The number of halogens is 5. The lowest BCUT2D eigenvalue weighted by atomic mass is 9.86. The molecule has 1 N–H and O–H groups in total. The predicted molar refractivity (Wildman–Crippen MR) is 107 cm³/mol. The van der Waals surface area contributed by atoms with E-state index in [2.05, 4.69) is 9.89 Å². The van der Waals surface area contributed by atoms with Crippen LogP contribution in [-0.4, -0.2) is 31.0 Å². The van der Waals surface area contributed by atoms with Gasteiger partial charge in [-0.05, 0) is 48.4 Å². The molecule has 2 aromatic carbocycles. The standard InChI is InChI=1S/C20H15Cl2F3N2O4/c1-10-5-11(3-4-15(10)17(28)26-18(29)30-2)16-9-19(31-27-16,20(23,24)25)12-6-13(21)8-14(22)7-12/h3-8H,9H2,1-2H3,(H,26,28,29). The molecule has 0 radical (unpaired) electrons. The van der Waals surface area contributed by atoms with Gasteiger partial charge < -0.3 is 9.57 Å². The van der Waals surface area contributed by atoms with E-state index in [0.717, 1.165) is 19.2 Å². The zero-order valence-electron chi connectivity index (χ0n) is 16.1. The molecule has 1 unspecified atom stereocenters. The number of hydrogen-bond acceptors (Lipinski definition) is 5. The number of carbonyl (C=O) groups excluding carboxylic acids is 2. The number of nitrogens with zero attached hydrogens (tertiary/aromatic N) is 1. The summed E-state index contributed by atoms with van der Waals surface area (Å²) in [6.07, 6.45) is -6.38. The summed E-state index contributed by atoms with van der Waals surface area (Å²) < 4.78 is 46.6. The van der Waals surface area contributed by atoms with Crippen molar-refractivity contribution in [2.45, 2.75) is 25.1 Å². The van der Waals surface area contributed by atoms with E-state index in [4.69, 9.17) is 28.0 Å². The van der Waals surface area contributed by atoms with Crippen LogP contribution in [-0.2, 0) is 15.2 Å². The van der Waals surface area contributed by atoms with Crippen LogP contribution in [0, 0.1) is 6.92 Å². The fourth-order valence-electron chi connectivity index (χ4n) is 3.15. The maximum Gasteiger partial charge on any atom is 0.435 e. The average Bonchev–Trinajstić information content (AvgIpc) is 3.13. The number of nitrogens with one attached hydrogen (secondary N) is 1. The van der Waals surface area contributed by atoms with Crippen LogP contribution in [0.1, 0.15) is 33.5 Å². The predicted octanol–water partition coefficient (Wildman–Crippen LogP) is 5.38. The quantitative estimate of drug-likeness (QED) is 0.647. The van der Waals surface area contributed by atoms with Crippen molar-refractivity contribution in [1.82, 2.24) is 5.32 Å². The number of aryl methyl sites for hydroxylation is 1. The van der Waals surface area contributed by atoms with Gasteiger partial charge in [0.25, 0.3) is 11.5 Å². The van der Waals surface area contributed by atoms with Crippen LogP contribution in [0.3, 0.4) is 0 Å². The summed E-state index contributed by atoms with van der Waals surface area (Å²) in [5.74, 6) is -0.710. The molecule has 2 amide bonds. The van der Waals surface area contributed by atoms with Crippen molar-refractivity contribution in [2.75, 3.05) is 7.11 Å². The first-order valence-electron chi connectivity index (χ1n) is 8.75. The summed E-state index contributed by atoms with van der Waals surface area (Å²) in [6.45, 7) is 1.57. The van der Waals surface area contributed by atoms with Gasteiger partial charge in [0.2, 0.25) is 0 Å². The van der Waals surface area contributed by atoms with Crippen molar-refractivity contribution < 1.29 is 32.3 Å². The van der Waals surface area contributed by atoms with E-state index in [0.29, 0.717) is 11.1 Å². The fraction of sp³-hybridized carbons (Fsp3) is 0.250. The van der Waals surface area contributed by atoms with Crippen molar-refractivity contribution in [3.63, 3.8) is 0 Å². The first-order chi connectivity index (χ1) is 14.5. The number of alkyl carbamates (subject to hydrolysis) is 1. The highest BCUT2D eigenvalue weighted by molar-refractivity contribution is 6.34. The Balaban J connectivity index is 1.93. The molecule has 1 aliphatic rings. The molecule has 11 heteroatoms. The van der Waals surface area contributed by atoms with E-state index < -0.39 is 30.2 Å². The number of ether oxygens (including phenoxy) is 1. The van der Waals surface area contributed by atoms with Gasteiger partial charge in [-0.15, -0.1) is 0 Å². The minimum Gasteiger partial charge on any atom is -0.453 e. The van der Waals surface area contributed by atoms with Crippen molar-refractivity contribution in [3.8, 4) is 0 Å². The van der Waals surface area contributed by atoms with E-state index in [-0.39, 0.29) is 26.9 Å². The van der Waals surface area contributed by atoms with Crippen molar-refractivity contribution in [1.29, 1.82) is 0 Å². The van der Waals surface area contributed by atoms with Gasteiger partial charge in [0.1, 0.15) is 0 Å². The van der Waals surface area contributed by atoms with E-state index in [1.165, 1.54) is 24.3 Å². The molecular formula is C20H15Cl2F3N2O4. The summed E-state index contributed by atoms with van der Waals surface area (Å²) in [4.78, 5) is 28.3. The number of methoxy groups -OCH3 is 1. The van der Waals surface area contributed by atoms with Crippen LogP contribution in [0.5, 0.6) is 0 Å². The van der Waals surface area contributed by atoms with Gasteiger partial charge in [-0.2, -0.15) is 13.2 Å². The third-order valence-corrected chi connectivity index (χ3v) is 5.16. The normalized spacial score (nSPS) is 18.2. The maximum absolute atomic E-state index is 14.1. The molecule has 0 spiro atoms. The topological polar surface area (TPSA) is 77.0 Å². The molecule has 0 aromatic heterocycles. The van der Waals surface area contributed by atoms with Crippen LogP contribution in [0.15, 0.2) is 41.6 Å². The molecule has 2 aromatic rings. The molecule has 0 aliphatic carbocycles. The number of oxime groups is 1. The second-order valence-electron chi connectivity index (χ2n) is 6.76. The highest BCUT2D eigenvalue weighted by Crippen LogP contribution is 2.49. The Hall–Kier alpha value is -2.78. The van der Waals surface area contributed by atoms with Crippen molar-refractivity contribution in [2.24, 2.45) is 5.16 Å². The number of hydrogen-bond donors (Lipinski definition) is 1. The highest BCUT2D eigenvalue weighted by atomic mass is 35.5. The van der Waals surface area contributed by atoms with Gasteiger partial charge in [0.05, 0.1) is 12.8 Å². The van der Waals surface area contributed by atoms with E-state index in [9.17, 15) is 22.8 Å². The molecule has 1 heterocycles. The summed E-state index contributed by atoms with van der Waals surface area (Å²) in [7, 11) is 1.11. The summed E-state index contributed by atoms with van der Waals surface area (Å²) in [6, 6.07) is 7.84. The summed E-state index contributed by atoms with van der Waals surface area (Å²) in [5.41, 5.74) is -2.12. The summed E-state index contributed by atoms with van der Waals surface area (Å²) >= 11 is 11.8. The van der Waals surface area contributed by atoms with Gasteiger partial charge in [0, 0.05) is 27.6 Å². The Morgan fingerprint density at radius 2 is 1.81 bits per heavy atom. The molecule has 0 bridgehead atoms. The molecule has 1 atom stereocenters. The largest absolute Gasteiger partial charge is 0.453 e. The number of amides is 2. The van der Waals surface area contributed by atoms with E-state index >= 15 is 0 Å². The monoisotopic (exact) mass is 474 g/mol. The lowest BCUT2D eigenvalue weighted by Crippen LogP contribution is -2.42. The average molecular weight is 475 g/mol. The molecule has 6 nitrogen and oxygen atoms in total. The fourth-order valence-corrected chi connectivity index (χ4v) is 3.68. The first-order valence-corrected chi connectivity index (χ1v) is 9.51. The molecule has 31 heavy (non-hydrogen) atoms. The second kappa shape index (κ2) is 8.39. The van der Waals surface area contributed by atoms with Crippen molar-refractivity contribution in [3.05, 3.63) is 68.7 Å². The molecule has 0 fully saturated rings. The van der Waals surface area contributed by atoms with E-state index in [1.807, 2.05) is 5.32 Å². The number of alkyl halides is 3. The van der Waals surface area contributed by atoms with Crippen LogP contribution < -0.4 is 5.32 Å². The zero-order chi connectivity index (χ0) is 23.0. The SMILES string of the molecule is COC(=O)NC(=O)c1ccc(C2=NOC(c3cc(Cl)cc(Cl)c3)(C(F)(F)F)C2)cc1C. The Kier molecular flexibility index (Phi) is 6.20. The Morgan fingerprint density at radius 3 is 2.35 bits per heavy atom. The van der Waals surface area contributed by atoms with E-state index in [1.54, 1.807) is 6.92 Å². The van der Waals surface area contributed by atoms with Gasteiger partial charge in [-0.3, -0.25) is 10.1 Å². The molecule has 0 saturated carbocycles. The zero-order valence-corrected chi connectivity index (χ0v) is 17.7. The number of imide groups is 1. The van der Waals surface area contributed by atoms with Gasteiger partial charge >= 0.3 is 12.3 Å². The highest BCUT2D eigenvalue weighted by Gasteiger charge is 2.62. The second-order valence-corrected chi connectivity index (χ2v) is 7.64. The van der Waals surface area contributed by atoms with Crippen LogP contribution >= 0.6 is 23.2 Å². The molecule has 1 aliphatic heterocycles. The Labute approximate surface area is 184 Å². The van der Waals surface area contributed by atoms with Gasteiger partial charge in [0.15, 0.2) is 0 Å². The van der Waals surface area contributed by atoms with Crippen LogP contribution in [0.2, 0.25) is 10.0 Å². The maximum atomic E-state index is 14.1. The first kappa shape index (κ1) is 22.9. The minimum absolute atomic E-state index is 0.0245. The minimum atomic E-state index is -4.82. The summed E-state index contributed by atoms with van der Waals surface area (Å²) in [5, 5.41) is 5.74. The lowest BCUT2D eigenvalue weighted by molar-refractivity contribution is -0.275. The van der Waals surface area contributed by atoms with Gasteiger partial charge in [-0.1, -0.05) is 34.4 Å². The number of carbonyl (C=O) groups is 2. The molecule has 164 valence electrons. The Bertz CT molecular complexity index is 1070. The molecular weight excluding hydrogens is 460 g/mol. The molecule has 3 rings (SSSR count). The van der Waals surface area contributed by atoms with Crippen LogP contribution in [0.25, 0.3) is 0 Å².